The van der Waals surface area contributed by atoms with E-state index in [1.807, 2.05) is 19.4 Å². The number of nitrogens with zero attached hydrogens (tertiary/aromatic N) is 4. The van der Waals surface area contributed by atoms with Gasteiger partial charge in [-0.2, -0.15) is 5.10 Å². The first-order valence-electron chi connectivity index (χ1n) is 6.33. The second kappa shape index (κ2) is 5.12. The van der Waals surface area contributed by atoms with Crippen LogP contribution in [0.3, 0.4) is 0 Å². The van der Waals surface area contributed by atoms with Crippen LogP contribution in [-0.2, 0) is 13.6 Å². The number of thiazole rings is 1. The van der Waals surface area contributed by atoms with Gasteiger partial charge in [-0.25, -0.2) is 4.98 Å². The van der Waals surface area contributed by atoms with Crippen molar-refractivity contribution in [1.29, 1.82) is 0 Å². The Morgan fingerprint density at radius 2 is 2.29 bits per heavy atom. The minimum Gasteiger partial charge on any atom is -0.397 e. The predicted molar refractivity (Wildman–Crippen MR) is 85.7 cm³/mol. The molecule has 8 heteroatoms. The number of aromatic nitrogens is 3. The number of aryl methyl sites for hydroxylation is 2. The third-order valence-electron chi connectivity index (χ3n) is 3.31. The topological polar surface area (TPSA) is 77.0 Å². The maximum absolute atomic E-state index is 12.6. The highest BCUT2D eigenvalue weighted by Gasteiger charge is 2.23. The molecule has 0 bridgehead atoms. The molecule has 6 nitrogen and oxygen atoms in total. The molecule has 1 amide bonds. The number of nitrogens with two attached hydrogens (primary N) is 1. The number of nitrogen functional groups attached to an aromatic ring is 1. The van der Waals surface area contributed by atoms with E-state index in [4.69, 9.17) is 5.73 Å². The Morgan fingerprint density at radius 3 is 2.90 bits per heavy atom. The highest BCUT2D eigenvalue weighted by molar-refractivity contribution is 7.21. The van der Waals surface area contributed by atoms with Crippen molar-refractivity contribution in [2.45, 2.75) is 13.5 Å². The number of hydrogen-bond acceptors (Lipinski definition) is 6. The molecule has 3 aromatic heterocycles. The van der Waals surface area contributed by atoms with Crippen molar-refractivity contribution < 1.29 is 4.79 Å². The number of fused-ring (bicyclic) bond motifs is 1. The Labute approximate surface area is 129 Å². The van der Waals surface area contributed by atoms with Crippen LogP contribution in [0.1, 0.15) is 21.1 Å². The molecule has 0 aromatic carbocycles. The third-order valence-corrected chi connectivity index (χ3v) is 5.20. The number of amides is 1. The first-order valence-corrected chi connectivity index (χ1v) is 8.09. The van der Waals surface area contributed by atoms with Crippen molar-refractivity contribution in [1.82, 2.24) is 19.7 Å². The summed E-state index contributed by atoms with van der Waals surface area (Å²) in [7, 11) is 3.62. The number of hydrogen-bond donors (Lipinski definition) is 1. The van der Waals surface area contributed by atoms with Crippen LogP contribution >= 0.6 is 22.7 Å². The lowest BCUT2D eigenvalue weighted by Crippen LogP contribution is -2.26. The maximum Gasteiger partial charge on any atom is 0.266 e. The Balaban J connectivity index is 1.94. The molecule has 0 aliphatic carbocycles. The minimum atomic E-state index is -0.0823. The monoisotopic (exact) mass is 321 g/mol. The zero-order valence-electron chi connectivity index (χ0n) is 12.0. The summed E-state index contributed by atoms with van der Waals surface area (Å²) < 4.78 is 1.77. The number of anilines is 1. The van der Waals surface area contributed by atoms with E-state index >= 15 is 0 Å². The lowest BCUT2D eigenvalue weighted by Gasteiger charge is -2.15. The van der Waals surface area contributed by atoms with E-state index in [0.29, 0.717) is 17.1 Å². The van der Waals surface area contributed by atoms with E-state index in [-0.39, 0.29) is 5.91 Å². The molecule has 0 radical (unpaired) electrons. The van der Waals surface area contributed by atoms with Gasteiger partial charge in [-0.05, 0) is 6.92 Å². The van der Waals surface area contributed by atoms with Gasteiger partial charge in [0.1, 0.15) is 9.71 Å². The van der Waals surface area contributed by atoms with Gasteiger partial charge >= 0.3 is 0 Å². The minimum absolute atomic E-state index is 0.0823. The average Bonchev–Trinajstić information content (AvgIpc) is 3.10. The molecule has 110 valence electrons. The Bertz CT molecular complexity index is 802. The summed E-state index contributed by atoms with van der Waals surface area (Å²) in [6, 6.07) is 0. The number of rotatable bonds is 3. The van der Waals surface area contributed by atoms with Gasteiger partial charge in [0.15, 0.2) is 0 Å². The van der Waals surface area contributed by atoms with E-state index in [0.717, 1.165) is 21.6 Å². The van der Waals surface area contributed by atoms with Gasteiger partial charge in [-0.1, -0.05) is 0 Å². The summed E-state index contributed by atoms with van der Waals surface area (Å²) in [6.45, 7) is 2.38. The zero-order valence-corrected chi connectivity index (χ0v) is 13.6. The van der Waals surface area contributed by atoms with Crippen LogP contribution in [0.5, 0.6) is 0 Å². The SMILES string of the molecule is Cc1nn(C)c2sc(C(=O)N(C)Cc3cscn3)c(N)c12. The second-order valence-corrected chi connectivity index (χ2v) is 6.59. The molecule has 0 saturated carbocycles. The zero-order chi connectivity index (χ0) is 15.1. The van der Waals surface area contributed by atoms with Gasteiger partial charge in [0.05, 0.1) is 34.5 Å². The Hall–Kier alpha value is -1.93. The van der Waals surface area contributed by atoms with Crippen LogP contribution < -0.4 is 5.73 Å². The van der Waals surface area contributed by atoms with Crippen LogP contribution in [0.25, 0.3) is 10.2 Å². The molecule has 21 heavy (non-hydrogen) atoms. The van der Waals surface area contributed by atoms with Gasteiger partial charge in [-0.15, -0.1) is 22.7 Å². The summed E-state index contributed by atoms with van der Waals surface area (Å²) in [5, 5.41) is 7.15. The molecule has 0 spiro atoms. The van der Waals surface area contributed by atoms with E-state index in [9.17, 15) is 4.79 Å². The highest BCUT2D eigenvalue weighted by Crippen LogP contribution is 2.36. The largest absolute Gasteiger partial charge is 0.397 e. The molecule has 0 aliphatic rings. The molecule has 0 aliphatic heterocycles. The average molecular weight is 321 g/mol. The van der Waals surface area contributed by atoms with Gasteiger partial charge in [0.25, 0.3) is 5.91 Å². The van der Waals surface area contributed by atoms with E-state index in [1.54, 1.807) is 22.1 Å². The van der Waals surface area contributed by atoms with Crippen molar-refractivity contribution in [3.8, 4) is 0 Å². The number of carbonyl (C=O) groups excluding carboxylic acids is 1. The summed E-state index contributed by atoms with van der Waals surface area (Å²) in [5.74, 6) is -0.0823. The summed E-state index contributed by atoms with van der Waals surface area (Å²) in [6.07, 6.45) is 0. The third kappa shape index (κ3) is 2.30. The quantitative estimate of drug-likeness (QED) is 0.802. The van der Waals surface area contributed by atoms with Crippen LogP contribution in [0, 0.1) is 6.92 Å². The molecule has 0 saturated heterocycles. The van der Waals surface area contributed by atoms with Crippen molar-refractivity contribution in [2.24, 2.45) is 7.05 Å². The summed E-state index contributed by atoms with van der Waals surface area (Å²) >= 11 is 2.91. The van der Waals surface area contributed by atoms with Crippen LogP contribution in [0.4, 0.5) is 5.69 Å². The molecular formula is C13H15N5OS2. The number of thiophene rings is 1. The smallest absolute Gasteiger partial charge is 0.266 e. The predicted octanol–water partition coefficient (Wildman–Crippen LogP) is 2.25. The Morgan fingerprint density at radius 1 is 1.52 bits per heavy atom. The van der Waals surface area contributed by atoms with Crippen LogP contribution in [-0.4, -0.2) is 32.6 Å². The first-order chi connectivity index (χ1) is 9.99. The van der Waals surface area contributed by atoms with Crippen molar-refractivity contribution >= 4 is 44.5 Å². The molecule has 3 aromatic rings. The molecule has 0 fully saturated rings. The molecule has 3 heterocycles. The maximum atomic E-state index is 12.6. The lowest BCUT2D eigenvalue weighted by molar-refractivity contribution is 0.0789. The normalized spacial score (nSPS) is 11.2. The molecule has 2 N–H and O–H groups in total. The lowest BCUT2D eigenvalue weighted by atomic mass is 10.2. The van der Waals surface area contributed by atoms with E-state index < -0.39 is 0 Å². The van der Waals surface area contributed by atoms with Gasteiger partial charge in [0.2, 0.25) is 0 Å². The molecule has 0 atom stereocenters. The van der Waals surface area contributed by atoms with Crippen LogP contribution in [0.2, 0.25) is 0 Å². The molecule has 3 rings (SSSR count). The Kier molecular flexibility index (Phi) is 3.42. The van der Waals surface area contributed by atoms with Crippen molar-refractivity contribution in [3.63, 3.8) is 0 Å². The standard InChI is InChI=1S/C13H15N5OS2/c1-7-9-10(14)11(21-13(9)18(3)16-7)12(19)17(2)4-8-5-20-6-15-8/h5-6H,4,14H2,1-3H3. The van der Waals surface area contributed by atoms with Gasteiger partial charge in [-0.3, -0.25) is 9.48 Å². The molecular weight excluding hydrogens is 306 g/mol. The fourth-order valence-corrected chi connectivity index (χ4v) is 4.02. The fraction of sp³-hybridized carbons (Fsp3) is 0.308. The fourth-order valence-electron chi connectivity index (χ4n) is 2.29. The van der Waals surface area contributed by atoms with E-state index in [2.05, 4.69) is 10.1 Å². The first kappa shape index (κ1) is 14.0. The molecule has 0 unspecified atom stereocenters. The number of carbonyl (C=O) groups is 1. The highest BCUT2D eigenvalue weighted by atomic mass is 32.1. The summed E-state index contributed by atoms with van der Waals surface area (Å²) in [5.41, 5.74) is 10.2. The van der Waals surface area contributed by atoms with Crippen molar-refractivity contribution in [3.05, 3.63) is 27.2 Å². The van der Waals surface area contributed by atoms with E-state index in [1.165, 1.54) is 22.7 Å². The van der Waals surface area contributed by atoms with Gasteiger partial charge in [0, 0.05) is 19.5 Å². The van der Waals surface area contributed by atoms with Crippen molar-refractivity contribution in [2.75, 3.05) is 12.8 Å². The van der Waals surface area contributed by atoms with Crippen LogP contribution in [0.15, 0.2) is 10.9 Å². The second-order valence-electron chi connectivity index (χ2n) is 4.88. The van der Waals surface area contributed by atoms with Gasteiger partial charge < -0.3 is 10.6 Å². The summed E-state index contributed by atoms with van der Waals surface area (Å²) in [4.78, 5) is 19.9.